The molecule has 1 saturated heterocycles. The molecule has 1 amide bonds. The first-order chi connectivity index (χ1) is 9.31. The molecule has 1 fully saturated rings. The number of piperidine rings is 1. The molecule has 19 heavy (non-hydrogen) atoms. The zero-order valence-corrected chi connectivity index (χ0v) is 11.5. The Labute approximate surface area is 115 Å². The Balaban J connectivity index is 1.98. The van der Waals surface area contributed by atoms with Crippen LogP contribution >= 0.6 is 0 Å². The van der Waals surface area contributed by atoms with Gasteiger partial charge in [-0.2, -0.15) is 0 Å². The van der Waals surface area contributed by atoms with Crippen LogP contribution < -0.4 is 5.32 Å². The molecule has 0 spiro atoms. The molecule has 2 rings (SSSR count). The van der Waals surface area contributed by atoms with Gasteiger partial charge in [-0.05, 0) is 44.5 Å². The third-order valence-electron chi connectivity index (χ3n) is 3.59. The van der Waals surface area contributed by atoms with Gasteiger partial charge < -0.3 is 10.2 Å². The van der Waals surface area contributed by atoms with E-state index in [0.717, 1.165) is 38.0 Å². The molecule has 0 aromatic heterocycles. The van der Waals surface area contributed by atoms with Gasteiger partial charge in [0.15, 0.2) is 0 Å². The van der Waals surface area contributed by atoms with E-state index in [-0.39, 0.29) is 5.91 Å². The van der Waals surface area contributed by atoms with Crippen LogP contribution in [0.25, 0.3) is 6.08 Å². The van der Waals surface area contributed by atoms with Crippen LogP contribution in [0.15, 0.2) is 36.4 Å². The van der Waals surface area contributed by atoms with Gasteiger partial charge in [0.1, 0.15) is 0 Å². The molecular formula is C16H22N2O. The lowest BCUT2D eigenvalue weighted by atomic mass is 10.0. The van der Waals surface area contributed by atoms with E-state index in [4.69, 9.17) is 0 Å². The summed E-state index contributed by atoms with van der Waals surface area (Å²) in [7, 11) is 0. The number of likely N-dealkylation sites (N-methyl/N-ethyl adjacent to an activating group) is 1. The average Bonchev–Trinajstić information content (AvgIpc) is 2.48. The number of hydrogen-bond acceptors (Lipinski definition) is 2. The summed E-state index contributed by atoms with van der Waals surface area (Å²) in [4.78, 5) is 14.3. The van der Waals surface area contributed by atoms with Crippen LogP contribution in [0.4, 0.5) is 0 Å². The normalized spacial score (nSPS) is 16.7. The van der Waals surface area contributed by atoms with Gasteiger partial charge in [0.25, 0.3) is 0 Å². The Kier molecular flexibility index (Phi) is 5.16. The van der Waals surface area contributed by atoms with Gasteiger partial charge in [-0.25, -0.2) is 0 Å². The van der Waals surface area contributed by atoms with Crippen LogP contribution in [0.3, 0.4) is 0 Å². The summed E-state index contributed by atoms with van der Waals surface area (Å²) in [6.07, 6.45) is 5.70. The summed E-state index contributed by atoms with van der Waals surface area (Å²) in [6.45, 7) is 4.85. The number of rotatable bonds is 4. The van der Waals surface area contributed by atoms with Gasteiger partial charge in [-0.15, -0.1) is 0 Å². The van der Waals surface area contributed by atoms with E-state index < -0.39 is 0 Å². The molecule has 0 saturated carbocycles. The molecule has 1 aliphatic rings. The van der Waals surface area contributed by atoms with Crippen LogP contribution in [0, 0.1) is 0 Å². The van der Waals surface area contributed by atoms with Crippen LogP contribution in [0.1, 0.15) is 25.3 Å². The Morgan fingerprint density at radius 3 is 2.63 bits per heavy atom. The van der Waals surface area contributed by atoms with Gasteiger partial charge in [0, 0.05) is 18.7 Å². The maximum atomic E-state index is 12.3. The Bertz CT molecular complexity index is 422. The third kappa shape index (κ3) is 3.93. The van der Waals surface area contributed by atoms with E-state index in [1.807, 2.05) is 41.3 Å². The highest BCUT2D eigenvalue weighted by atomic mass is 16.2. The lowest BCUT2D eigenvalue weighted by molar-refractivity contribution is -0.128. The second-order valence-electron chi connectivity index (χ2n) is 4.85. The minimum atomic E-state index is 0.123. The number of carbonyl (C=O) groups excluding carboxylic acids is 1. The Hall–Kier alpha value is -1.61. The van der Waals surface area contributed by atoms with Gasteiger partial charge >= 0.3 is 0 Å². The number of hydrogen-bond donors (Lipinski definition) is 1. The molecule has 0 unspecified atom stereocenters. The summed E-state index contributed by atoms with van der Waals surface area (Å²) in [5, 5.41) is 3.33. The highest BCUT2D eigenvalue weighted by molar-refractivity contribution is 5.92. The number of amides is 1. The summed E-state index contributed by atoms with van der Waals surface area (Å²) < 4.78 is 0. The van der Waals surface area contributed by atoms with Crippen LogP contribution in [-0.4, -0.2) is 36.5 Å². The van der Waals surface area contributed by atoms with Gasteiger partial charge in [-0.1, -0.05) is 30.3 Å². The minimum Gasteiger partial charge on any atom is -0.336 e. The summed E-state index contributed by atoms with van der Waals surface area (Å²) in [5.41, 5.74) is 1.07. The number of carbonyl (C=O) groups is 1. The smallest absolute Gasteiger partial charge is 0.246 e. The predicted octanol–water partition coefficient (Wildman–Crippen LogP) is 2.30. The lowest BCUT2D eigenvalue weighted by Crippen LogP contribution is -2.45. The minimum absolute atomic E-state index is 0.123. The third-order valence-corrected chi connectivity index (χ3v) is 3.59. The van der Waals surface area contributed by atoms with E-state index in [1.54, 1.807) is 6.08 Å². The fraction of sp³-hybridized carbons (Fsp3) is 0.438. The quantitative estimate of drug-likeness (QED) is 0.841. The van der Waals surface area contributed by atoms with Crippen molar-refractivity contribution in [1.82, 2.24) is 10.2 Å². The first-order valence-electron chi connectivity index (χ1n) is 7.05. The van der Waals surface area contributed by atoms with Crippen molar-refractivity contribution in [3.63, 3.8) is 0 Å². The largest absolute Gasteiger partial charge is 0.336 e. The molecule has 102 valence electrons. The van der Waals surface area contributed by atoms with Crippen LogP contribution in [0.2, 0.25) is 0 Å². The van der Waals surface area contributed by atoms with Crippen molar-refractivity contribution in [3.05, 3.63) is 42.0 Å². The Morgan fingerprint density at radius 2 is 2.00 bits per heavy atom. The predicted molar refractivity (Wildman–Crippen MR) is 78.8 cm³/mol. The van der Waals surface area contributed by atoms with Crippen molar-refractivity contribution in [2.75, 3.05) is 19.6 Å². The second kappa shape index (κ2) is 7.10. The molecule has 0 radical (unpaired) electrons. The first kappa shape index (κ1) is 13.8. The van der Waals surface area contributed by atoms with E-state index in [0.29, 0.717) is 6.04 Å². The SMILES string of the molecule is CCN(C(=O)/C=C/c1ccccc1)C1CCNCC1. The second-order valence-corrected chi connectivity index (χ2v) is 4.85. The summed E-state index contributed by atoms with van der Waals surface area (Å²) in [5.74, 6) is 0.123. The summed E-state index contributed by atoms with van der Waals surface area (Å²) in [6, 6.07) is 10.3. The van der Waals surface area contributed by atoms with Gasteiger partial charge in [-0.3, -0.25) is 4.79 Å². The van der Waals surface area contributed by atoms with E-state index in [1.165, 1.54) is 0 Å². The number of benzene rings is 1. The summed E-state index contributed by atoms with van der Waals surface area (Å²) >= 11 is 0. The Morgan fingerprint density at radius 1 is 1.32 bits per heavy atom. The molecular weight excluding hydrogens is 236 g/mol. The maximum absolute atomic E-state index is 12.3. The topological polar surface area (TPSA) is 32.3 Å². The molecule has 3 nitrogen and oxygen atoms in total. The standard InChI is InChI=1S/C16H22N2O/c1-2-18(15-10-12-17-13-11-15)16(19)9-8-14-6-4-3-5-7-14/h3-9,15,17H,2,10-13H2,1H3/b9-8+. The van der Waals surface area contributed by atoms with Crippen molar-refractivity contribution in [2.45, 2.75) is 25.8 Å². The van der Waals surface area contributed by atoms with E-state index in [9.17, 15) is 4.79 Å². The zero-order valence-electron chi connectivity index (χ0n) is 11.5. The van der Waals surface area contributed by atoms with Crippen molar-refractivity contribution in [2.24, 2.45) is 0 Å². The maximum Gasteiger partial charge on any atom is 0.246 e. The molecule has 1 N–H and O–H groups in total. The first-order valence-corrected chi connectivity index (χ1v) is 7.05. The molecule has 1 aliphatic heterocycles. The number of nitrogens with one attached hydrogen (secondary N) is 1. The molecule has 0 bridgehead atoms. The van der Waals surface area contributed by atoms with Crippen molar-refractivity contribution in [1.29, 1.82) is 0 Å². The number of nitrogens with zero attached hydrogens (tertiary/aromatic N) is 1. The van der Waals surface area contributed by atoms with Gasteiger partial charge in [0.2, 0.25) is 5.91 Å². The van der Waals surface area contributed by atoms with Gasteiger partial charge in [0.05, 0.1) is 0 Å². The van der Waals surface area contributed by atoms with Crippen molar-refractivity contribution < 1.29 is 4.79 Å². The molecule has 3 heteroatoms. The average molecular weight is 258 g/mol. The highest BCUT2D eigenvalue weighted by Gasteiger charge is 2.22. The molecule has 1 aromatic rings. The van der Waals surface area contributed by atoms with Crippen LogP contribution in [-0.2, 0) is 4.79 Å². The van der Waals surface area contributed by atoms with E-state index in [2.05, 4.69) is 12.2 Å². The zero-order chi connectivity index (χ0) is 13.5. The molecule has 1 aromatic carbocycles. The van der Waals surface area contributed by atoms with Crippen LogP contribution in [0.5, 0.6) is 0 Å². The highest BCUT2D eigenvalue weighted by Crippen LogP contribution is 2.12. The van der Waals surface area contributed by atoms with Crippen molar-refractivity contribution in [3.8, 4) is 0 Å². The molecule has 0 atom stereocenters. The monoisotopic (exact) mass is 258 g/mol. The molecule has 1 heterocycles. The lowest BCUT2D eigenvalue weighted by Gasteiger charge is -2.33. The fourth-order valence-electron chi connectivity index (χ4n) is 2.54. The van der Waals surface area contributed by atoms with E-state index >= 15 is 0 Å². The van der Waals surface area contributed by atoms with Crippen molar-refractivity contribution >= 4 is 12.0 Å². The molecule has 0 aliphatic carbocycles. The fourth-order valence-corrected chi connectivity index (χ4v) is 2.54.